The molecule has 0 amide bonds. The summed E-state index contributed by atoms with van der Waals surface area (Å²) in [5.41, 5.74) is 16.6. The molecule has 0 spiro atoms. The zero-order chi connectivity index (χ0) is 22.7. The van der Waals surface area contributed by atoms with E-state index in [0.717, 1.165) is 40.6 Å². The lowest BCUT2D eigenvalue weighted by molar-refractivity contribution is 1.23. The first kappa shape index (κ1) is 17.9. The second kappa shape index (κ2) is 6.13. The quantitative estimate of drug-likeness (QED) is 0.229. The topological polar surface area (TPSA) is 30.2 Å². The first-order valence-corrected chi connectivity index (χ1v) is 12.2. The lowest BCUT2D eigenvalue weighted by Crippen LogP contribution is -1.94. The summed E-state index contributed by atoms with van der Waals surface area (Å²) in [5.74, 6) is 0. The lowest BCUT2D eigenvalue weighted by atomic mass is 9.95. The monoisotopic (exact) mass is 445 g/mol. The lowest BCUT2D eigenvalue weighted by Gasteiger charge is -2.11. The number of pyridine rings is 2. The Kier molecular flexibility index (Phi) is 3.14. The van der Waals surface area contributed by atoms with Crippen molar-refractivity contribution >= 4 is 38.5 Å². The number of para-hydroxylation sites is 2. The minimum atomic E-state index is 0.966. The second-order valence-corrected chi connectivity index (χ2v) is 9.82. The van der Waals surface area contributed by atoms with Crippen LogP contribution in [0.15, 0.2) is 91.1 Å². The van der Waals surface area contributed by atoms with Crippen LogP contribution < -0.4 is 0 Å². The van der Waals surface area contributed by atoms with Crippen molar-refractivity contribution in [2.45, 2.75) is 12.8 Å². The van der Waals surface area contributed by atoms with E-state index in [2.05, 4.69) is 83.3 Å². The van der Waals surface area contributed by atoms with Crippen LogP contribution in [0.4, 0.5) is 0 Å². The van der Waals surface area contributed by atoms with E-state index in [-0.39, 0.29) is 0 Å². The molecule has 2 aliphatic carbocycles. The van der Waals surface area contributed by atoms with E-state index in [4.69, 9.17) is 9.97 Å². The van der Waals surface area contributed by atoms with E-state index in [0.29, 0.717) is 0 Å². The zero-order valence-corrected chi connectivity index (χ0v) is 18.9. The molecule has 0 saturated heterocycles. The van der Waals surface area contributed by atoms with Gasteiger partial charge in [-0.05, 0) is 93.7 Å². The second-order valence-electron chi connectivity index (χ2n) is 9.82. The van der Waals surface area contributed by atoms with Gasteiger partial charge < -0.3 is 0 Å². The van der Waals surface area contributed by atoms with Gasteiger partial charge in [-0.2, -0.15) is 0 Å². The maximum Gasteiger partial charge on any atom is 0.146 e. The molecular formula is C32H19N3. The minimum absolute atomic E-state index is 0.966. The number of aromatic nitrogens is 3. The normalized spacial score (nSPS) is 13.5. The Morgan fingerprint density at radius 1 is 0.629 bits per heavy atom. The van der Waals surface area contributed by atoms with Crippen molar-refractivity contribution in [2.24, 2.45) is 0 Å². The number of imidazole rings is 1. The third kappa shape index (κ3) is 2.17. The zero-order valence-electron chi connectivity index (χ0n) is 18.9. The summed E-state index contributed by atoms with van der Waals surface area (Å²) in [6.07, 6.45) is 3.90. The first-order valence-electron chi connectivity index (χ1n) is 12.2. The SMILES string of the molecule is c1ccc2c(c1)Cc1ccc3c(c1-2)Cc1cc2c(cc1-3)c1nc3ccccc3n1c1cccnc21. The minimum Gasteiger partial charge on any atom is -0.290 e. The van der Waals surface area contributed by atoms with E-state index in [9.17, 15) is 0 Å². The molecular weight excluding hydrogens is 426 g/mol. The Morgan fingerprint density at radius 2 is 1.51 bits per heavy atom. The summed E-state index contributed by atoms with van der Waals surface area (Å²) in [7, 11) is 0. The summed E-state index contributed by atoms with van der Waals surface area (Å²) in [4.78, 5) is 9.96. The smallest absolute Gasteiger partial charge is 0.146 e. The van der Waals surface area contributed by atoms with Gasteiger partial charge in [0, 0.05) is 17.0 Å². The summed E-state index contributed by atoms with van der Waals surface area (Å²) in [5, 5.41) is 2.35. The van der Waals surface area contributed by atoms with Crippen LogP contribution >= 0.6 is 0 Å². The number of fused-ring (bicyclic) bond motifs is 15. The Labute approximate surface area is 201 Å². The van der Waals surface area contributed by atoms with E-state index in [1.807, 2.05) is 12.3 Å². The number of hydrogen-bond acceptors (Lipinski definition) is 2. The molecule has 0 fully saturated rings. The average Bonchev–Trinajstić information content (AvgIpc) is 3.58. The molecule has 0 saturated carbocycles. The Morgan fingerprint density at radius 3 is 2.51 bits per heavy atom. The van der Waals surface area contributed by atoms with Crippen LogP contribution in [0, 0.1) is 0 Å². The molecule has 0 bridgehead atoms. The maximum atomic E-state index is 5.10. The highest BCUT2D eigenvalue weighted by Crippen LogP contribution is 2.49. The standard InChI is InChI=1S/C32H19N3/c1-2-7-21-18(6-1)14-19-11-12-22-23-17-26-25(16-20(23)15-24(22)30(19)21)31-29(10-5-13-33-31)35-28-9-4-3-8-27(28)34-32(26)35/h1-13,16-17H,14-15H2. The van der Waals surface area contributed by atoms with Gasteiger partial charge in [-0.3, -0.25) is 9.38 Å². The van der Waals surface area contributed by atoms with Crippen LogP contribution in [-0.2, 0) is 12.8 Å². The molecule has 3 nitrogen and oxygen atoms in total. The van der Waals surface area contributed by atoms with Gasteiger partial charge in [0.05, 0.1) is 22.1 Å². The molecule has 2 aliphatic rings. The third-order valence-electron chi connectivity index (χ3n) is 8.05. The van der Waals surface area contributed by atoms with Gasteiger partial charge in [-0.15, -0.1) is 0 Å². The molecule has 0 N–H and O–H groups in total. The largest absolute Gasteiger partial charge is 0.290 e. The number of hydrogen-bond donors (Lipinski definition) is 0. The highest BCUT2D eigenvalue weighted by Gasteiger charge is 2.29. The van der Waals surface area contributed by atoms with Crippen molar-refractivity contribution in [1.82, 2.24) is 14.4 Å². The van der Waals surface area contributed by atoms with Crippen molar-refractivity contribution in [2.75, 3.05) is 0 Å². The van der Waals surface area contributed by atoms with Crippen molar-refractivity contribution in [3.8, 4) is 22.3 Å². The summed E-state index contributed by atoms with van der Waals surface area (Å²) >= 11 is 0. The molecule has 0 radical (unpaired) electrons. The number of nitrogens with zero attached hydrogens (tertiary/aromatic N) is 3. The van der Waals surface area contributed by atoms with Crippen LogP contribution in [0.1, 0.15) is 22.3 Å². The van der Waals surface area contributed by atoms with Gasteiger partial charge in [-0.1, -0.05) is 48.5 Å². The molecule has 4 aromatic carbocycles. The van der Waals surface area contributed by atoms with Gasteiger partial charge in [0.1, 0.15) is 5.65 Å². The van der Waals surface area contributed by atoms with E-state index < -0.39 is 0 Å². The summed E-state index contributed by atoms with van der Waals surface area (Å²) in [6, 6.07) is 30.9. The van der Waals surface area contributed by atoms with Crippen molar-refractivity contribution < 1.29 is 0 Å². The predicted octanol–water partition coefficient (Wildman–Crippen LogP) is 7.33. The fraction of sp³-hybridized carbons (Fsp3) is 0.0625. The molecule has 35 heavy (non-hydrogen) atoms. The van der Waals surface area contributed by atoms with Crippen molar-refractivity contribution in [3.05, 3.63) is 113 Å². The fourth-order valence-electron chi connectivity index (χ4n) is 6.59. The van der Waals surface area contributed by atoms with Crippen LogP contribution in [0.3, 0.4) is 0 Å². The molecule has 3 heteroatoms. The molecule has 3 heterocycles. The number of benzene rings is 4. The molecule has 9 rings (SSSR count). The molecule has 0 aliphatic heterocycles. The van der Waals surface area contributed by atoms with Gasteiger partial charge in [0.2, 0.25) is 0 Å². The van der Waals surface area contributed by atoms with Gasteiger partial charge in [0.25, 0.3) is 0 Å². The average molecular weight is 446 g/mol. The fourth-order valence-corrected chi connectivity index (χ4v) is 6.59. The maximum absolute atomic E-state index is 5.10. The highest BCUT2D eigenvalue weighted by molar-refractivity contribution is 6.14. The van der Waals surface area contributed by atoms with Crippen LogP contribution in [0.25, 0.3) is 60.7 Å². The number of rotatable bonds is 0. The van der Waals surface area contributed by atoms with Crippen LogP contribution in [-0.4, -0.2) is 14.4 Å². The van der Waals surface area contributed by atoms with Crippen LogP contribution in [0.2, 0.25) is 0 Å². The first-order chi connectivity index (χ1) is 17.3. The van der Waals surface area contributed by atoms with Gasteiger partial charge in [0.15, 0.2) is 0 Å². The predicted molar refractivity (Wildman–Crippen MR) is 142 cm³/mol. The molecule has 0 atom stereocenters. The molecule has 3 aromatic heterocycles. The summed E-state index contributed by atoms with van der Waals surface area (Å²) in [6.45, 7) is 0. The Hall–Kier alpha value is -4.50. The van der Waals surface area contributed by atoms with E-state index in [1.54, 1.807) is 0 Å². The van der Waals surface area contributed by atoms with E-state index in [1.165, 1.54) is 55.3 Å². The van der Waals surface area contributed by atoms with Crippen molar-refractivity contribution in [3.63, 3.8) is 0 Å². The van der Waals surface area contributed by atoms with Gasteiger partial charge in [-0.25, -0.2) is 4.98 Å². The summed E-state index contributed by atoms with van der Waals surface area (Å²) < 4.78 is 2.28. The molecule has 7 aromatic rings. The van der Waals surface area contributed by atoms with Gasteiger partial charge >= 0.3 is 0 Å². The van der Waals surface area contributed by atoms with Crippen LogP contribution in [0.5, 0.6) is 0 Å². The third-order valence-corrected chi connectivity index (χ3v) is 8.05. The molecule has 162 valence electrons. The molecule has 0 unspecified atom stereocenters. The van der Waals surface area contributed by atoms with E-state index >= 15 is 0 Å². The Balaban J connectivity index is 1.41. The highest BCUT2D eigenvalue weighted by atomic mass is 15.0. The Bertz CT molecular complexity index is 2060. The van der Waals surface area contributed by atoms with Crippen molar-refractivity contribution in [1.29, 1.82) is 0 Å².